The van der Waals surface area contributed by atoms with Crippen molar-refractivity contribution in [2.45, 2.75) is 30.2 Å². The van der Waals surface area contributed by atoms with Crippen molar-refractivity contribution in [3.05, 3.63) is 96.1 Å². The number of carbonyl (C=O) groups excluding carboxylic acids is 2. The zero-order valence-electron chi connectivity index (χ0n) is 18.7. The summed E-state index contributed by atoms with van der Waals surface area (Å²) in [4.78, 5) is 26.2. The van der Waals surface area contributed by atoms with Gasteiger partial charge in [0, 0.05) is 24.3 Å². The van der Waals surface area contributed by atoms with E-state index in [0.29, 0.717) is 29.9 Å². The minimum absolute atomic E-state index is 0.136. The van der Waals surface area contributed by atoms with Gasteiger partial charge < -0.3 is 10.6 Å². The van der Waals surface area contributed by atoms with Crippen LogP contribution in [0, 0.1) is 0 Å². The molecule has 0 aliphatic carbocycles. The maximum Gasteiger partial charge on any atom is 0.252 e. The molecule has 4 rings (SSSR count). The van der Waals surface area contributed by atoms with Gasteiger partial charge in [-0.1, -0.05) is 61.0 Å². The molecule has 2 N–H and O–H groups in total. The summed E-state index contributed by atoms with van der Waals surface area (Å²) < 4.78 is 27.6. The van der Waals surface area contributed by atoms with Crippen LogP contribution < -0.4 is 10.6 Å². The van der Waals surface area contributed by atoms with Gasteiger partial charge >= 0.3 is 0 Å². The summed E-state index contributed by atoms with van der Waals surface area (Å²) in [5.41, 5.74) is 1.39. The maximum atomic E-state index is 13.3. The number of hydrogen-bond donors (Lipinski definition) is 2. The van der Waals surface area contributed by atoms with Crippen molar-refractivity contribution in [3.8, 4) is 0 Å². The predicted octanol–water partition coefficient (Wildman–Crippen LogP) is 3.97. The summed E-state index contributed by atoms with van der Waals surface area (Å²) in [7, 11) is -3.64. The summed E-state index contributed by atoms with van der Waals surface area (Å²) in [5.74, 6) is -0.853. The smallest absolute Gasteiger partial charge is 0.252 e. The first kappa shape index (κ1) is 23.7. The zero-order chi connectivity index (χ0) is 24.0. The number of sulfonamides is 1. The first-order chi connectivity index (χ1) is 16.4. The second-order valence-corrected chi connectivity index (χ2v) is 10.1. The van der Waals surface area contributed by atoms with E-state index in [1.54, 1.807) is 60.7 Å². The van der Waals surface area contributed by atoms with E-state index in [4.69, 9.17) is 0 Å². The minimum atomic E-state index is -3.64. The summed E-state index contributed by atoms with van der Waals surface area (Å²) in [6.07, 6.45) is 2.71. The van der Waals surface area contributed by atoms with Crippen molar-refractivity contribution in [1.82, 2.24) is 9.62 Å². The molecule has 176 valence electrons. The number of benzene rings is 3. The van der Waals surface area contributed by atoms with Crippen molar-refractivity contribution >= 4 is 27.5 Å². The summed E-state index contributed by atoms with van der Waals surface area (Å²) >= 11 is 0. The van der Waals surface area contributed by atoms with Crippen molar-refractivity contribution < 1.29 is 18.0 Å². The molecule has 8 heteroatoms. The predicted molar refractivity (Wildman–Crippen MR) is 131 cm³/mol. The minimum Gasteiger partial charge on any atom is -0.336 e. The van der Waals surface area contributed by atoms with Gasteiger partial charge in [0.25, 0.3) is 11.8 Å². The lowest BCUT2D eigenvalue weighted by atomic mass is 10.1. The Morgan fingerprint density at radius 1 is 0.794 bits per heavy atom. The van der Waals surface area contributed by atoms with E-state index in [2.05, 4.69) is 10.6 Å². The zero-order valence-corrected chi connectivity index (χ0v) is 19.5. The maximum absolute atomic E-state index is 13.3. The van der Waals surface area contributed by atoms with Crippen molar-refractivity contribution in [1.29, 1.82) is 0 Å². The molecular weight excluding hydrogens is 450 g/mol. The van der Waals surface area contributed by atoms with Crippen LogP contribution in [0.1, 0.15) is 41.2 Å². The van der Waals surface area contributed by atoms with Gasteiger partial charge in [-0.15, -0.1) is 0 Å². The summed E-state index contributed by atoms with van der Waals surface area (Å²) in [5, 5.41) is 5.56. The third-order valence-electron chi connectivity index (χ3n) is 5.76. The van der Waals surface area contributed by atoms with E-state index >= 15 is 0 Å². The average molecular weight is 478 g/mol. The first-order valence-electron chi connectivity index (χ1n) is 11.3. The van der Waals surface area contributed by atoms with E-state index in [-0.39, 0.29) is 10.8 Å². The Hall–Kier alpha value is -3.49. The van der Waals surface area contributed by atoms with Gasteiger partial charge in [-0.05, 0) is 48.7 Å². The molecule has 0 bridgehead atoms. The number of nitrogens with zero attached hydrogens (tertiary/aromatic N) is 1. The fourth-order valence-corrected chi connectivity index (χ4v) is 5.52. The highest BCUT2D eigenvalue weighted by atomic mass is 32.2. The molecule has 34 heavy (non-hydrogen) atoms. The Morgan fingerprint density at radius 3 is 2.12 bits per heavy atom. The molecule has 2 amide bonds. The van der Waals surface area contributed by atoms with Gasteiger partial charge in [-0.3, -0.25) is 9.59 Å². The number of amides is 2. The highest BCUT2D eigenvalue weighted by Crippen LogP contribution is 2.24. The molecule has 1 unspecified atom stereocenters. The Morgan fingerprint density at radius 2 is 1.44 bits per heavy atom. The van der Waals surface area contributed by atoms with E-state index in [1.807, 2.05) is 12.1 Å². The number of hydrogen-bond acceptors (Lipinski definition) is 4. The van der Waals surface area contributed by atoms with Crippen LogP contribution in [0.5, 0.6) is 0 Å². The monoisotopic (exact) mass is 477 g/mol. The third-order valence-corrected chi connectivity index (χ3v) is 7.66. The van der Waals surface area contributed by atoms with Gasteiger partial charge in [-0.2, -0.15) is 4.31 Å². The molecule has 1 fully saturated rings. The Bertz CT molecular complexity index is 1240. The second-order valence-electron chi connectivity index (χ2n) is 8.17. The van der Waals surface area contributed by atoms with Crippen molar-refractivity contribution in [2.24, 2.45) is 0 Å². The molecule has 1 heterocycles. The number of nitrogens with one attached hydrogen (secondary N) is 2. The van der Waals surface area contributed by atoms with Gasteiger partial charge in [0.2, 0.25) is 10.0 Å². The van der Waals surface area contributed by atoms with Crippen LogP contribution in [0.4, 0.5) is 5.69 Å². The molecule has 1 atom stereocenters. The molecule has 0 aromatic heterocycles. The number of carbonyl (C=O) groups is 2. The topological polar surface area (TPSA) is 95.6 Å². The fourth-order valence-electron chi connectivity index (χ4n) is 3.95. The molecular formula is C26H27N3O4S. The van der Waals surface area contributed by atoms with E-state index < -0.39 is 22.0 Å². The molecule has 3 aromatic carbocycles. The molecule has 0 radical (unpaired) electrons. The molecule has 1 aliphatic heterocycles. The molecule has 0 saturated carbocycles. The fraction of sp³-hybridized carbons (Fsp3) is 0.231. The van der Waals surface area contributed by atoms with Crippen molar-refractivity contribution in [2.75, 3.05) is 18.4 Å². The molecule has 1 aliphatic rings. The van der Waals surface area contributed by atoms with Gasteiger partial charge in [0.05, 0.1) is 4.90 Å². The highest BCUT2D eigenvalue weighted by molar-refractivity contribution is 7.89. The quantitative estimate of drug-likeness (QED) is 0.538. The molecule has 3 aromatic rings. The average Bonchev–Trinajstić information content (AvgIpc) is 2.88. The lowest BCUT2D eigenvalue weighted by Gasteiger charge is -2.26. The SMILES string of the molecule is O=C(NC(C(=O)Nc1cccc(S(=O)(=O)N2CCCCC2)c1)c1ccccc1)c1ccccc1. The van der Waals surface area contributed by atoms with Crippen LogP contribution >= 0.6 is 0 Å². The lowest BCUT2D eigenvalue weighted by Crippen LogP contribution is -2.37. The molecule has 1 saturated heterocycles. The van der Waals surface area contributed by atoms with E-state index in [0.717, 1.165) is 19.3 Å². The third kappa shape index (κ3) is 5.52. The normalized spacial score (nSPS) is 15.3. The summed E-state index contributed by atoms with van der Waals surface area (Å²) in [6, 6.07) is 22.8. The van der Waals surface area contributed by atoms with Gasteiger partial charge in [0.15, 0.2) is 0 Å². The number of rotatable bonds is 7. The van der Waals surface area contributed by atoms with Crippen LogP contribution in [-0.4, -0.2) is 37.6 Å². The number of anilines is 1. The van der Waals surface area contributed by atoms with Crippen LogP contribution in [0.25, 0.3) is 0 Å². The lowest BCUT2D eigenvalue weighted by molar-refractivity contribution is -0.118. The van der Waals surface area contributed by atoms with Crippen LogP contribution in [0.3, 0.4) is 0 Å². The Kier molecular flexibility index (Phi) is 7.40. The standard InChI is InChI=1S/C26H27N3O4S/c30-25(21-13-6-2-7-14-21)28-24(20-11-4-1-5-12-20)26(31)27-22-15-10-16-23(19-22)34(32,33)29-17-8-3-9-18-29/h1-2,4-7,10-16,19,24H,3,8-9,17-18H2,(H,27,31)(H,28,30). The second kappa shape index (κ2) is 10.6. The van der Waals surface area contributed by atoms with Gasteiger partial charge in [0.1, 0.15) is 6.04 Å². The molecule has 7 nitrogen and oxygen atoms in total. The van der Waals surface area contributed by atoms with Crippen LogP contribution in [-0.2, 0) is 14.8 Å². The van der Waals surface area contributed by atoms with Gasteiger partial charge in [-0.25, -0.2) is 8.42 Å². The number of piperidine rings is 1. The Balaban J connectivity index is 1.56. The largest absolute Gasteiger partial charge is 0.336 e. The Labute approximate surface area is 199 Å². The highest BCUT2D eigenvalue weighted by Gasteiger charge is 2.27. The van der Waals surface area contributed by atoms with Crippen LogP contribution in [0.15, 0.2) is 89.8 Å². The molecule has 0 spiro atoms. The first-order valence-corrected chi connectivity index (χ1v) is 12.7. The summed E-state index contributed by atoms with van der Waals surface area (Å²) in [6.45, 7) is 1.00. The van der Waals surface area contributed by atoms with E-state index in [9.17, 15) is 18.0 Å². The van der Waals surface area contributed by atoms with Crippen LogP contribution in [0.2, 0.25) is 0 Å². The van der Waals surface area contributed by atoms with E-state index in [1.165, 1.54) is 16.4 Å². The van der Waals surface area contributed by atoms with Crippen molar-refractivity contribution in [3.63, 3.8) is 0 Å².